The maximum absolute atomic E-state index is 12.5. The minimum Gasteiger partial charge on any atom is -0.493 e. The number of aryl methyl sites for hydroxylation is 1. The first-order chi connectivity index (χ1) is 16.5. The monoisotopic (exact) mass is 484 g/mol. The van der Waals surface area contributed by atoms with E-state index < -0.39 is 0 Å². The van der Waals surface area contributed by atoms with Crippen LogP contribution >= 0.6 is 11.6 Å². The molecule has 4 rings (SSSR count). The van der Waals surface area contributed by atoms with Gasteiger partial charge in [0.1, 0.15) is 12.3 Å². The van der Waals surface area contributed by atoms with Crippen LogP contribution in [0, 0.1) is 0 Å². The van der Waals surface area contributed by atoms with Gasteiger partial charge in [-0.05, 0) is 35.9 Å². The average Bonchev–Trinajstić information content (AvgIpc) is 2.87. The van der Waals surface area contributed by atoms with Crippen LogP contribution in [-0.4, -0.2) is 59.4 Å². The summed E-state index contributed by atoms with van der Waals surface area (Å²) < 4.78 is 16.6. The zero-order valence-electron chi connectivity index (χ0n) is 18.8. The lowest BCUT2D eigenvalue weighted by Gasteiger charge is -2.26. The Morgan fingerprint density at radius 2 is 1.97 bits per heavy atom. The summed E-state index contributed by atoms with van der Waals surface area (Å²) >= 11 is 6.02. The SMILES string of the molecule is COc1cc(-c2nnc(CCC(=O)N3CCOCC3)c(=O)[nH]2)ccc1OCc1cccc(Cl)c1. The first-order valence-corrected chi connectivity index (χ1v) is 11.3. The highest BCUT2D eigenvalue weighted by molar-refractivity contribution is 6.30. The van der Waals surface area contributed by atoms with E-state index in [2.05, 4.69) is 15.2 Å². The van der Waals surface area contributed by atoms with Gasteiger partial charge in [0.15, 0.2) is 17.3 Å². The maximum Gasteiger partial charge on any atom is 0.273 e. The van der Waals surface area contributed by atoms with E-state index >= 15 is 0 Å². The van der Waals surface area contributed by atoms with Crippen LogP contribution < -0.4 is 15.0 Å². The molecule has 1 aliphatic heterocycles. The number of morpholine rings is 1. The van der Waals surface area contributed by atoms with Crippen molar-refractivity contribution < 1.29 is 19.0 Å². The molecule has 2 aromatic carbocycles. The summed E-state index contributed by atoms with van der Waals surface area (Å²) in [5, 5.41) is 8.85. The number of carbonyl (C=O) groups excluding carboxylic acids is 1. The average molecular weight is 485 g/mol. The minimum atomic E-state index is -0.375. The van der Waals surface area contributed by atoms with Gasteiger partial charge in [-0.25, -0.2) is 0 Å². The smallest absolute Gasteiger partial charge is 0.273 e. The van der Waals surface area contributed by atoms with E-state index in [1.807, 2.05) is 18.2 Å². The second kappa shape index (κ2) is 11.1. The van der Waals surface area contributed by atoms with Gasteiger partial charge in [-0.15, -0.1) is 10.2 Å². The predicted molar refractivity (Wildman–Crippen MR) is 126 cm³/mol. The lowest BCUT2D eigenvalue weighted by Crippen LogP contribution is -2.41. The predicted octanol–water partition coefficient (Wildman–Crippen LogP) is 2.86. The van der Waals surface area contributed by atoms with Gasteiger partial charge in [-0.3, -0.25) is 9.59 Å². The van der Waals surface area contributed by atoms with E-state index in [4.69, 9.17) is 25.8 Å². The number of benzene rings is 2. The molecule has 3 aromatic rings. The van der Waals surface area contributed by atoms with Crippen molar-refractivity contribution in [2.75, 3.05) is 33.4 Å². The van der Waals surface area contributed by atoms with Crippen LogP contribution in [-0.2, 0) is 22.6 Å². The molecule has 34 heavy (non-hydrogen) atoms. The molecule has 1 amide bonds. The van der Waals surface area contributed by atoms with E-state index in [0.29, 0.717) is 60.8 Å². The van der Waals surface area contributed by atoms with Crippen molar-refractivity contribution >= 4 is 17.5 Å². The molecule has 9 nitrogen and oxygen atoms in total. The van der Waals surface area contributed by atoms with Gasteiger partial charge in [-0.2, -0.15) is 0 Å². The second-order valence-electron chi connectivity index (χ2n) is 7.73. The third-order valence-electron chi connectivity index (χ3n) is 5.42. The van der Waals surface area contributed by atoms with E-state index in [1.54, 1.807) is 29.2 Å². The van der Waals surface area contributed by atoms with Gasteiger partial charge in [0.05, 0.1) is 20.3 Å². The van der Waals surface area contributed by atoms with Crippen molar-refractivity contribution in [1.29, 1.82) is 0 Å². The van der Waals surface area contributed by atoms with Gasteiger partial charge in [0.25, 0.3) is 5.56 Å². The topological polar surface area (TPSA) is 107 Å². The number of nitrogens with zero attached hydrogens (tertiary/aromatic N) is 3. The van der Waals surface area contributed by atoms with Gasteiger partial charge >= 0.3 is 0 Å². The molecule has 0 bridgehead atoms. The van der Waals surface area contributed by atoms with Crippen LogP contribution in [0.15, 0.2) is 47.3 Å². The van der Waals surface area contributed by atoms with Crippen LogP contribution in [0.2, 0.25) is 5.02 Å². The largest absolute Gasteiger partial charge is 0.493 e. The third-order valence-corrected chi connectivity index (χ3v) is 5.66. The molecule has 0 atom stereocenters. The summed E-state index contributed by atoms with van der Waals surface area (Å²) in [6.07, 6.45) is 0.419. The molecule has 178 valence electrons. The standard InChI is InChI=1S/C24H25ClN4O5/c1-32-21-14-17(5-7-20(21)34-15-16-3-2-4-18(25)13-16)23-26-24(31)19(27-28-23)6-8-22(30)29-9-11-33-12-10-29/h2-5,7,13-14H,6,8-12,15H2,1H3,(H,26,28,31). The Labute approximate surface area is 201 Å². The zero-order chi connectivity index (χ0) is 23.9. The number of hydrogen-bond donors (Lipinski definition) is 1. The Balaban J connectivity index is 1.42. The Morgan fingerprint density at radius 3 is 2.71 bits per heavy atom. The number of amides is 1. The summed E-state index contributed by atoms with van der Waals surface area (Å²) in [5.74, 6) is 1.31. The van der Waals surface area contributed by atoms with Gasteiger partial charge in [0, 0.05) is 36.5 Å². The number of rotatable bonds is 8. The number of aromatic amines is 1. The summed E-state index contributed by atoms with van der Waals surface area (Å²) in [6.45, 7) is 2.54. The van der Waals surface area contributed by atoms with Crippen LogP contribution in [0.25, 0.3) is 11.4 Å². The van der Waals surface area contributed by atoms with E-state index in [0.717, 1.165) is 5.56 Å². The lowest BCUT2D eigenvalue weighted by atomic mass is 10.2. The van der Waals surface area contributed by atoms with Crippen LogP contribution in [0.1, 0.15) is 17.7 Å². The lowest BCUT2D eigenvalue weighted by molar-refractivity contribution is -0.135. The molecule has 2 heterocycles. The van der Waals surface area contributed by atoms with Gasteiger partial charge in [0.2, 0.25) is 5.91 Å². The van der Waals surface area contributed by atoms with Crippen molar-refractivity contribution in [2.24, 2.45) is 0 Å². The fraction of sp³-hybridized carbons (Fsp3) is 0.333. The van der Waals surface area contributed by atoms with E-state index in [9.17, 15) is 9.59 Å². The Bertz CT molecular complexity index is 1210. The minimum absolute atomic E-state index is 0.0216. The molecular weight excluding hydrogens is 460 g/mol. The number of nitrogens with one attached hydrogen (secondary N) is 1. The normalized spacial score (nSPS) is 13.5. The molecule has 1 aromatic heterocycles. The number of hydrogen-bond acceptors (Lipinski definition) is 7. The number of ether oxygens (including phenoxy) is 3. The number of aromatic nitrogens is 3. The van der Waals surface area contributed by atoms with Gasteiger partial charge in [-0.1, -0.05) is 23.7 Å². The van der Waals surface area contributed by atoms with Gasteiger partial charge < -0.3 is 24.1 Å². The van der Waals surface area contributed by atoms with Crippen LogP contribution in [0.3, 0.4) is 0 Å². The molecule has 1 saturated heterocycles. The summed E-state index contributed by atoms with van der Waals surface area (Å²) in [6, 6.07) is 12.6. The number of carbonyl (C=O) groups is 1. The Hall–Kier alpha value is -3.43. The highest BCUT2D eigenvalue weighted by atomic mass is 35.5. The van der Waals surface area contributed by atoms with Crippen molar-refractivity contribution in [3.8, 4) is 22.9 Å². The summed E-state index contributed by atoms with van der Waals surface area (Å²) in [4.78, 5) is 29.3. The molecule has 0 saturated carbocycles. The van der Waals surface area contributed by atoms with Crippen molar-refractivity contribution in [3.63, 3.8) is 0 Å². The summed E-state index contributed by atoms with van der Waals surface area (Å²) in [5.41, 5.74) is 1.39. The molecule has 0 unspecified atom stereocenters. The number of halogens is 1. The van der Waals surface area contributed by atoms with E-state index in [1.165, 1.54) is 7.11 Å². The second-order valence-corrected chi connectivity index (χ2v) is 8.16. The molecule has 10 heteroatoms. The quantitative estimate of drug-likeness (QED) is 0.524. The molecule has 1 fully saturated rings. The fourth-order valence-corrected chi connectivity index (χ4v) is 3.78. The van der Waals surface area contributed by atoms with Crippen LogP contribution in [0.4, 0.5) is 0 Å². The number of H-pyrrole nitrogens is 1. The molecule has 1 aliphatic rings. The first kappa shape index (κ1) is 23.7. The van der Waals surface area contributed by atoms with Crippen molar-refractivity contribution in [1.82, 2.24) is 20.1 Å². The van der Waals surface area contributed by atoms with Crippen molar-refractivity contribution in [3.05, 3.63) is 69.1 Å². The van der Waals surface area contributed by atoms with Crippen molar-refractivity contribution in [2.45, 2.75) is 19.4 Å². The highest BCUT2D eigenvalue weighted by Crippen LogP contribution is 2.31. The highest BCUT2D eigenvalue weighted by Gasteiger charge is 2.18. The Morgan fingerprint density at radius 1 is 1.15 bits per heavy atom. The molecule has 0 aliphatic carbocycles. The molecule has 1 N–H and O–H groups in total. The summed E-state index contributed by atoms with van der Waals surface area (Å²) in [7, 11) is 1.54. The zero-order valence-corrected chi connectivity index (χ0v) is 19.5. The first-order valence-electron chi connectivity index (χ1n) is 10.9. The molecular formula is C24H25ClN4O5. The number of methoxy groups -OCH3 is 1. The van der Waals surface area contributed by atoms with Crippen LogP contribution in [0.5, 0.6) is 11.5 Å². The molecule has 0 radical (unpaired) electrons. The maximum atomic E-state index is 12.5. The van der Waals surface area contributed by atoms with E-state index in [-0.39, 0.29) is 30.0 Å². The third kappa shape index (κ3) is 5.92. The Kier molecular flexibility index (Phi) is 7.76. The molecule has 0 spiro atoms. The fourth-order valence-electron chi connectivity index (χ4n) is 3.57.